The molecule has 1 saturated heterocycles. The molecule has 0 aromatic heterocycles. The highest BCUT2D eigenvalue weighted by molar-refractivity contribution is 7.98. The largest absolute Gasteiger partial charge is 0.316 e. The minimum atomic E-state index is 0.706. The van der Waals surface area contributed by atoms with E-state index in [-0.39, 0.29) is 0 Å². The topological polar surface area (TPSA) is 12.0 Å². The van der Waals surface area contributed by atoms with Crippen molar-refractivity contribution in [2.75, 3.05) is 18.8 Å². The summed E-state index contributed by atoms with van der Waals surface area (Å²) >= 11 is 13.9. The van der Waals surface area contributed by atoms with Crippen LogP contribution in [0.5, 0.6) is 0 Å². The maximum Gasteiger partial charge on any atom is 0.0461 e. The minimum Gasteiger partial charge on any atom is -0.316 e. The molecule has 1 fully saturated rings. The summed E-state index contributed by atoms with van der Waals surface area (Å²) in [7, 11) is 0. The third-order valence-corrected chi connectivity index (χ3v) is 4.30. The Labute approximate surface area is 105 Å². The lowest BCUT2D eigenvalue weighted by molar-refractivity contribution is 0.385. The molecule has 0 radical (unpaired) electrons. The molecule has 0 saturated carbocycles. The Bertz CT molecular complexity index is 339. The Morgan fingerprint density at radius 3 is 2.73 bits per heavy atom. The number of benzene rings is 1. The van der Waals surface area contributed by atoms with E-state index in [1.165, 1.54) is 24.4 Å². The summed E-state index contributed by atoms with van der Waals surface area (Å²) in [6.07, 6.45) is 0. The summed E-state index contributed by atoms with van der Waals surface area (Å²) in [6.45, 7) is 2.34. The standard InChI is InChI=1S/C11H13Cl2NS/c12-10-2-1-9(11(13)3-10)7-15-6-8-4-14-5-8/h1-3,8,14H,4-7H2. The second-order valence-corrected chi connectivity index (χ2v) is 5.65. The monoisotopic (exact) mass is 261 g/mol. The predicted molar refractivity (Wildman–Crippen MR) is 69.0 cm³/mol. The number of thioether (sulfide) groups is 1. The third kappa shape index (κ3) is 3.28. The molecule has 1 aromatic carbocycles. The number of hydrogen-bond donors (Lipinski definition) is 1. The van der Waals surface area contributed by atoms with Crippen molar-refractivity contribution in [1.82, 2.24) is 5.32 Å². The summed E-state index contributed by atoms with van der Waals surface area (Å²) in [5, 5.41) is 4.76. The molecule has 1 aliphatic rings. The highest BCUT2D eigenvalue weighted by atomic mass is 35.5. The maximum absolute atomic E-state index is 6.08. The number of rotatable bonds is 4. The zero-order valence-electron chi connectivity index (χ0n) is 8.30. The van der Waals surface area contributed by atoms with E-state index < -0.39 is 0 Å². The van der Waals surface area contributed by atoms with Gasteiger partial charge in [0, 0.05) is 15.8 Å². The average molecular weight is 262 g/mol. The first-order valence-electron chi connectivity index (χ1n) is 4.98. The molecule has 0 atom stereocenters. The van der Waals surface area contributed by atoms with Crippen molar-refractivity contribution >= 4 is 35.0 Å². The molecular formula is C11H13Cl2NS. The van der Waals surface area contributed by atoms with Crippen molar-refractivity contribution in [3.63, 3.8) is 0 Å². The fourth-order valence-corrected chi connectivity index (χ4v) is 3.15. The van der Waals surface area contributed by atoms with Gasteiger partial charge in [-0.05, 0) is 42.5 Å². The van der Waals surface area contributed by atoms with Gasteiger partial charge in [0.05, 0.1) is 0 Å². The van der Waals surface area contributed by atoms with Crippen LogP contribution in [0.25, 0.3) is 0 Å². The highest BCUT2D eigenvalue weighted by Crippen LogP contribution is 2.25. The molecule has 4 heteroatoms. The van der Waals surface area contributed by atoms with Gasteiger partial charge in [0.2, 0.25) is 0 Å². The molecule has 1 nitrogen and oxygen atoms in total. The summed E-state index contributed by atoms with van der Waals surface area (Å²) in [5.74, 6) is 3.04. The summed E-state index contributed by atoms with van der Waals surface area (Å²) in [5.41, 5.74) is 1.18. The lowest BCUT2D eigenvalue weighted by Gasteiger charge is -2.26. The van der Waals surface area contributed by atoms with Gasteiger partial charge < -0.3 is 5.32 Å². The molecule has 1 aromatic rings. The summed E-state index contributed by atoms with van der Waals surface area (Å²) in [6, 6.07) is 5.72. The van der Waals surface area contributed by atoms with Crippen molar-refractivity contribution in [2.24, 2.45) is 5.92 Å². The maximum atomic E-state index is 6.08. The molecule has 0 unspecified atom stereocenters. The molecule has 2 rings (SSSR count). The van der Waals surface area contributed by atoms with Gasteiger partial charge >= 0.3 is 0 Å². The first kappa shape index (κ1) is 11.6. The fraction of sp³-hybridized carbons (Fsp3) is 0.455. The Morgan fingerprint density at radius 1 is 1.33 bits per heavy atom. The normalized spacial score (nSPS) is 16.4. The second-order valence-electron chi connectivity index (χ2n) is 3.78. The number of nitrogens with one attached hydrogen (secondary N) is 1. The molecule has 82 valence electrons. The predicted octanol–water partition coefficient (Wildman–Crippen LogP) is 3.45. The van der Waals surface area contributed by atoms with E-state index in [0.29, 0.717) is 5.02 Å². The highest BCUT2D eigenvalue weighted by Gasteiger charge is 2.16. The first-order chi connectivity index (χ1) is 7.25. The van der Waals surface area contributed by atoms with Gasteiger partial charge in [0.15, 0.2) is 0 Å². The third-order valence-electron chi connectivity index (χ3n) is 2.49. The smallest absolute Gasteiger partial charge is 0.0461 e. The van der Waals surface area contributed by atoms with Gasteiger partial charge in [-0.1, -0.05) is 29.3 Å². The van der Waals surface area contributed by atoms with Crippen LogP contribution < -0.4 is 5.32 Å². The lowest BCUT2D eigenvalue weighted by Crippen LogP contribution is -2.43. The number of hydrogen-bond acceptors (Lipinski definition) is 2. The van der Waals surface area contributed by atoms with Crippen LogP contribution >= 0.6 is 35.0 Å². The minimum absolute atomic E-state index is 0.706. The second kappa shape index (κ2) is 5.44. The van der Waals surface area contributed by atoms with Crippen LogP contribution in [-0.4, -0.2) is 18.8 Å². The quantitative estimate of drug-likeness (QED) is 0.892. The number of halogens is 2. The van der Waals surface area contributed by atoms with E-state index in [0.717, 1.165) is 16.7 Å². The fourth-order valence-electron chi connectivity index (χ4n) is 1.44. The zero-order chi connectivity index (χ0) is 10.7. The van der Waals surface area contributed by atoms with Crippen LogP contribution in [0.1, 0.15) is 5.56 Å². The molecule has 0 spiro atoms. The molecular weight excluding hydrogens is 249 g/mol. The van der Waals surface area contributed by atoms with Crippen LogP contribution in [0.4, 0.5) is 0 Å². The van der Waals surface area contributed by atoms with Gasteiger partial charge in [-0.25, -0.2) is 0 Å². The zero-order valence-corrected chi connectivity index (χ0v) is 10.6. The molecule has 15 heavy (non-hydrogen) atoms. The van der Waals surface area contributed by atoms with Crippen LogP contribution in [0.15, 0.2) is 18.2 Å². The molecule has 0 aliphatic carbocycles. The molecule has 1 N–H and O–H groups in total. The van der Waals surface area contributed by atoms with Crippen molar-refractivity contribution in [3.05, 3.63) is 33.8 Å². The van der Waals surface area contributed by atoms with Gasteiger partial charge in [-0.3, -0.25) is 0 Å². The Balaban J connectivity index is 1.81. The average Bonchev–Trinajstić information content (AvgIpc) is 2.12. The van der Waals surface area contributed by atoms with E-state index >= 15 is 0 Å². The van der Waals surface area contributed by atoms with E-state index in [9.17, 15) is 0 Å². The van der Waals surface area contributed by atoms with Gasteiger partial charge in [0.25, 0.3) is 0 Å². The van der Waals surface area contributed by atoms with Crippen LogP contribution in [0, 0.1) is 5.92 Å². The van der Waals surface area contributed by atoms with Gasteiger partial charge in [0.1, 0.15) is 0 Å². The Morgan fingerprint density at radius 2 is 2.13 bits per heavy atom. The lowest BCUT2D eigenvalue weighted by atomic mass is 10.1. The first-order valence-corrected chi connectivity index (χ1v) is 6.89. The Hall–Kier alpha value is 0.110. The van der Waals surface area contributed by atoms with Crippen molar-refractivity contribution in [3.8, 4) is 0 Å². The van der Waals surface area contributed by atoms with E-state index in [4.69, 9.17) is 23.2 Å². The van der Waals surface area contributed by atoms with Crippen LogP contribution in [0.3, 0.4) is 0 Å². The summed E-state index contributed by atoms with van der Waals surface area (Å²) in [4.78, 5) is 0. The van der Waals surface area contributed by atoms with E-state index in [1.54, 1.807) is 0 Å². The van der Waals surface area contributed by atoms with Crippen LogP contribution in [-0.2, 0) is 5.75 Å². The van der Waals surface area contributed by atoms with Gasteiger partial charge in [-0.15, -0.1) is 0 Å². The van der Waals surface area contributed by atoms with Crippen LogP contribution in [0.2, 0.25) is 10.0 Å². The van der Waals surface area contributed by atoms with E-state index in [2.05, 4.69) is 5.32 Å². The molecule has 1 heterocycles. The summed E-state index contributed by atoms with van der Waals surface area (Å²) < 4.78 is 0. The van der Waals surface area contributed by atoms with Gasteiger partial charge in [-0.2, -0.15) is 11.8 Å². The SMILES string of the molecule is Clc1ccc(CSCC2CNC2)c(Cl)c1. The molecule has 0 bridgehead atoms. The molecule has 1 aliphatic heterocycles. The Kier molecular flexibility index (Phi) is 4.21. The van der Waals surface area contributed by atoms with Crippen molar-refractivity contribution in [1.29, 1.82) is 0 Å². The molecule has 0 amide bonds. The van der Waals surface area contributed by atoms with Crippen molar-refractivity contribution < 1.29 is 0 Å². The van der Waals surface area contributed by atoms with Crippen molar-refractivity contribution in [2.45, 2.75) is 5.75 Å². The van der Waals surface area contributed by atoms with E-state index in [1.807, 2.05) is 30.0 Å².